The van der Waals surface area contributed by atoms with Gasteiger partial charge in [-0.2, -0.15) is 0 Å². The fourth-order valence-electron chi connectivity index (χ4n) is 1.94. The van der Waals surface area contributed by atoms with Crippen LogP contribution in [0.4, 0.5) is 4.39 Å². The molecule has 0 saturated heterocycles. The van der Waals surface area contributed by atoms with Crippen molar-refractivity contribution < 1.29 is 23.4 Å². The number of carbonyl (C=O) groups excluding carboxylic acids is 1. The minimum absolute atomic E-state index is 0.0238. The van der Waals surface area contributed by atoms with Crippen LogP contribution in [-0.4, -0.2) is 27.1 Å². The van der Waals surface area contributed by atoms with Gasteiger partial charge in [-0.3, -0.25) is 4.79 Å². The molecule has 0 saturated carbocycles. The normalized spacial score (nSPS) is 10.1. The molecule has 0 aliphatic rings. The average Bonchev–Trinajstić information content (AvgIpc) is 2.53. The van der Waals surface area contributed by atoms with E-state index in [1.807, 2.05) is 0 Å². The predicted molar refractivity (Wildman–Crippen MR) is 75.9 cm³/mol. The molecule has 5 heteroatoms. The molecule has 0 radical (unpaired) electrons. The SMILES string of the molecule is COc1cc(OC)cc(C(=O)c2cccc(OC)c2F)c1. The van der Waals surface area contributed by atoms with Crippen molar-refractivity contribution in [1.82, 2.24) is 0 Å². The highest BCUT2D eigenvalue weighted by Gasteiger charge is 2.18. The summed E-state index contributed by atoms with van der Waals surface area (Å²) in [5, 5.41) is 0. The number of ether oxygens (including phenoxy) is 3. The first kappa shape index (κ1) is 14.8. The Balaban J connectivity index is 2.49. The second-order valence-corrected chi connectivity index (χ2v) is 4.25. The van der Waals surface area contributed by atoms with Gasteiger partial charge in [0.15, 0.2) is 17.3 Å². The fraction of sp³-hybridized carbons (Fsp3) is 0.188. The van der Waals surface area contributed by atoms with Crippen molar-refractivity contribution in [2.24, 2.45) is 0 Å². The van der Waals surface area contributed by atoms with Crippen LogP contribution in [0.2, 0.25) is 0 Å². The summed E-state index contributed by atoms with van der Waals surface area (Å²) in [7, 11) is 4.31. The van der Waals surface area contributed by atoms with Crippen molar-refractivity contribution in [2.45, 2.75) is 0 Å². The van der Waals surface area contributed by atoms with Crippen molar-refractivity contribution in [2.75, 3.05) is 21.3 Å². The monoisotopic (exact) mass is 290 g/mol. The highest BCUT2D eigenvalue weighted by Crippen LogP contribution is 2.27. The summed E-state index contributed by atoms with van der Waals surface area (Å²) in [6.45, 7) is 0. The molecule has 0 unspecified atom stereocenters. The number of rotatable bonds is 5. The Labute approximate surface area is 122 Å². The third kappa shape index (κ3) is 2.97. The van der Waals surface area contributed by atoms with Gasteiger partial charge in [-0.1, -0.05) is 6.07 Å². The lowest BCUT2D eigenvalue weighted by Gasteiger charge is -2.09. The zero-order valence-electron chi connectivity index (χ0n) is 12.0. The number of hydrogen-bond acceptors (Lipinski definition) is 4. The van der Waals surface area contributed by atoms with E-state index in [0.717, 1.165) is 0 Å². The Kier molecular flexibility index (Phi) is 4.42. The molecule has 110 valence electrons. The van der Waals surface area contributed by atoms with Crippen LogP contribution >= 0.6 is 0 Å². The first-order chi connectivity index (χ1) is 10.1. The molecule has 0 bridgehead atoms. The van der Waals surface area contributed by atoms with Gasteiger partial charge >= 0.3 is 0 Å². The molecule has 0 aliphatic carbocycles. The van der Waals surface area contributed by atoms with Gasteiger partial charge in [0.05, 0.1) is 26.9 Å². The molecule has 0 amide bonds. The molecule has 0 heterocycles. The summed E-state index contributed by atoms with van der Waals surface area (Å²) < 4.78 is 29.3. The van der Waals surface area contributed by atoms with E-state index in [0.29, 0.717) is 11.5 Å². The van der Waals surface area contributed by atoms with Crippen molar-refractivity contribution in [3.63, 3.8) is 0 Å². The van der Waals surface area contributed by atoms with E-state index < -0.39 is 11.6 Å². The van der Waals surface area contributed by atoms with E-state index in [-0.39, 0.29) is 16.9 Å². The molecule has 2 aromatic rings. The average molecular weight is 290 g/mol. The van der Waals surface area contributed by atoms with Crippen LogP contribution < -0.4 is 14.2 Å². The Hall–Kier alpha value is -2.56. The van der Waals surface area contributed by atoms with Crippen LogP contribution in [-0.2, 0) is 0 Å². The number of carbonyl (C=O) groups is 1. The summed E-state index contributed by atoms with van der Waals surface area (Å²) >= 11 is 0. The van der Waals surface area contributed by atoms with Gasteiger partial charge in [-0.25, -0.2) is 4.39 Å². The summed E-state index contributed by atoms with van der Waals surface area (Å²) in [5.41, 5.74) is 0.211. The summed E-state index contributed by atoms with van der Waals surface area (Å²) in [6.07, 6.45) is 0. The summed E-state index contributed by atoms with van der Waals surface area (Å²) in [6, 6.07) is 9.13. The zero-order valence-corrected chi connectivity index (χ0v) is 12.0. The van der Waals surface area contributed by atoms with Crippen LogP contribution in [0.15, 0.2) is 36.4 Å². The Morgan fingerprint density at radius 1 is 0.952 bits per heavy atom. The van der Waals surface area contributed by atoms with E-state index in [1.165, 1.54) is 45.6 Å². The van der Waals surface area contributed by atoms with Gasteiger partial charge in [-0.15, -0.1) is 0 Å². The van der Waals surface area contributed by atoms with Crippen LogP contribution in [0.3, 0.4) is 0 Å². The number of halogens is 1. The smallest absolute Gasteiger partial charge is 0.196 e. The summed E-state index contributed by atoms with van der Waals surface area (Å²) in [4.78, 5) is 12.5. The third-order valence-electron chi connectivity index (χ3n) is 3.04. The lowest BCUT2D eigenvalue weighted by atomic mass is 10.0. The van der Waals surface area contributed by atoms with Crippen molar-refractivity contribution in [3.05, 3.63) is 53.3 Å². The molecule has 0 fully saturated rings. The molecule has 2 rings (SSSR count). The number of methoxy groups -OCH3 is 3. The molecular formula is C16H15FO4. The highest BCUT2D eigenvalue weighted by atomic mass is 19.1. The molecule has 4 nitrogen and oxygen atoms in total. The first-order valence-electron chi connectivity index (χ1n) is 6.21. The van der Waals surface area contributed by atoms with Gasteiger partial charge < -0.3 is 14.2 Å². The molecule has 0 N–H and O–H groups in total. The van der Waals surface area contributed by atoms with Gasteiger partial charge in [0, 0.05) is 11.6 Å². The number of hydrogen-bond donors (Lipinski definition) is 0. The third-order valence-corrected chi connectivity index (χ3v) is 3.04. The second kappa shape index (κ2) is 6.26. The van der Waals surface area contributed by atoms with Gasteiger partial charge in [0.2, 0.25) is 0 Å². The zero-order chi connectivity index (χ0) is 15.4. The lowest BCUT2D eigenvalue weighted by molar-refractivity contribution is 0.103. The Morgan fingerprint density at radius 3 is 2.10 bits per heavy atom. The van der Waals surface area contributed by atoms with Gasteiger partial charge in [-0.05, 0) is 24.3 Å². The molecule has 2 aromatic carbocycles. The highest BCUT2D eigenvalue weighted by molar-refractivity contribution is 6.09. The van der Waals surface area contributed by atoms with E-state index >= 15 is 0 Å². The Morgan fingerprint density at radius 2 is 1.57 bits per heavy atom. The van der Waals surface area contributed by atoms with E-state index in [4.69, 9.17) is 14.2 Å². The van der Waals surface area contributed by atoms with Crippen molar-refractivity contribution in [3.8, 4) is 17.2 Å². The first-order valence-corrected chi connectivity index (χ1v) is 6.21. The topological polar surface area (TPSA) is 44.8 Å². The van der Waals surface area contributed by atoms with Crippen molar-refractivity contribution >= 4 is 5.78 Å². The second-order valence-electron chi connectivity index (χ2n) is 4.25. The molecular weight excluding hydrogens is 275 g/mol. The van der Waals surface area contributed by atoms with E-state index in [9.17, 15) is 9.18 Å². The molecule has 0 atom stereocenters. The van der Waals surface area contributed by atoms with Crippen LogP contribution in [0.25, 0.3) is 0 Å². The lowest BCUT2D eigenvalue weighted by Crippen LogP contribution is -2.06. The summed E-state index contributed by atoms with van der Waals surface area (Å²) in [5.74, 6) is -0.215. The maximum Gasteiger partial charge on any atom is 0.196 e. The molecule has 21 heavy (non-hydrogen) atoms. The maximum absolute atomic E-state index is 14.2. The predicted octanol–water partition coefficient (Wildman–Crippen LogP) is 3.08. The maximum atomic E-state index is 14.2. The van der Waals surface area contributed by atoms with Crippen LogP contribution in [0.5, 0.6) is 17.2 Å². The Bertz CT molecular complexity index is 645. The number of benzene rings is 2. The van der Waals surface area contributed by atoms with E-state index in [2.05, 4.69) is 0 Å². The van der Waals surface area contributed by atoms with Crippen molar-refractivity contribution in [1.29, 1.82) is 0 Å². The minimum Gasteiger partial charge on any atom is -0.497 e. The minimum atomic E-state index is -0.688. The number of ketones is 1. The van der Waals surface area contributed by atoms with Gasteiger partial charge in [0.1, 0.15) is 11.5 Å². The largest absolute Gasteiger partial charge is 0.497 e. The van der Waals surface area contributed by atoms with Gasteiger partial charge in [0.25, 0.3) is 0 Å². The van der Waals surface area contributed by atoms with Crippen LogP contribution in [0, 0.1) is 5.82 Å². The molecule has 0 aliphatic heterocycles. The standard InChI is InChI=1S/C16H15FO4/c1-19-11-7-10(8-12(9-11)20-2)16(18)13-5-4-6-14(21-3)15(13)17/h4-9H,1-3H3. The molecule has 0 aromatic heterocycles. The fourth-order valence-corrected chi connectivity index (χ4v) is 1.94. The quantitative estimate of drug-likeness (QED) is 0.794. The molecule has 0 spiro atoms. The van der Waals surface area contributed by atoms with E-state index in [1.54, 1.807) is 12.1 Å². The van der Waals surface area contributed by atoms with Crippen LogP contribution in [0.1, 0.15) is 15.9 Å².